The predicted octanol–water partition coefficient (Wildman–Crippen LogP) is 6.00. The fourth-order valence-electron chi connectivity index (χ4n) is 3.73. The van der Waals surface area contributed by atoms with Crippen LogP contribution in [0.5, 0.6) is 5.75 Å². The maximum Gasteiger partial charge on any atom is 0.243 e. The Balaban J connectivity index is 1.93. The van der Waals surface area contributed by atoms with Gasteiger partial charge in [0.05, 0.1) is 12.9 Å². The number of thioether (sulfide) groups is 1. The van der Waals surface area contributed by atoms with Crippen molar-refractivity contribution in [2.45, 2.75) is 50.2 Å². The first-order chi connectivity index (χ1) is 17.1. The van der Waals surface area contributed by atoms with E-state index in [4.69, 9.17) is 16.3 Å². The molecule has 0 radical (unpaired) electrons. The maximum absolute atomic E-state index is 13.7. The smallest absolute Gasteiger partial charge is 0.243 e. The molecule has 0 bridgehead atoms. The van der Waals surface area contributed by atoms with Crippen LogP contribution >= 0.6 is 23.4 Å². The van der Waals surface area contributed by atoms with Gasteiger partial charge in [-0.15, -0.1) is 11.8 Å². The first kappa shape index (κ1) is 27.6. The van der Waals surface area contributed by atoms with Crippen molar-refractivity contribution in [3.8, 4) is 5.75 Å². The van der Waals surface area contributed by atoms with Crippen LogP contribution in [0.3, 0.4) is 0 Å². The van der Waals surface area contributed by atoms with Crippen LogP contribution in [0.4, 0.5) is 0 Å². The molecule has 5 nitrogen and oxygen atoms in total. The largest absolute Gasteiger partial charge is 0.497 e. The zero-order valence-electron chi connectivity index (χ0n) is 21.2. The Labute approximate surface area is 223 Å². The number of carbonyl (C=O) groups is 2. The molecule has 0 aliphatic carbocycles. The zero-order valence-corrected chi connectivity index (χ0v) is 22.7. The topological polar surface area (TPSA) is 58.6 Å². The molecule has 7 heteroatoms. The second kappa shape index (κ2) is 12.8. The Bertz CT molecular complexity index is 1150. The molecule has 1 atom stereocenters. The van der Waals surface area contributed by atoms with E-state index >= 15 is 0 Å². The van der Waals surface area contributed by atoms with E-state index in [0.29, 0.717) is 17.2 Å². The Morgan fingerprint density at radius 1 is 0.972 bits per heavy atom. The third-order valence-corrected chi connectivity index (χ3v) is 6.68. The highest BCUT2D eigenvalue weighted by molar-refractivity contribution is 8.00. The van der Waals surface area contributed by atoms with E-state index in [2.05, 4.69) is 5.32 Å². The fourth-order valence-corrected chi connectivity index (χ4v) is 4.64. The molecule has 0 saturated heterocycles. The van der Waals surface area contributed by atoms with Crippen LogP contribution in [-0.4, -0.2) is 41.2 Å². The highest BCUT2D eigenvalue weighted by Gasteiger charge is 2.32. The number of hydrogen-bond donors (Lipinski definition) is 1. The first-order valence-electron chi connectivity index (χ1n) is 11.8. The molecule has 0 spiro atoms. The Morgan fingerprint density at radius 3 is 2.28 bits per heavy atom. The minimum absolute atomic E-state index is 0.122. The summed E-state index contributed by atoms with van der Waals surface area (Å²) in [6, 6.07) is 24.1. The highest BCUT2D eigenvalue weighted by Crippen LogP contribution is 2.24. The molecule has 36 heavy (non-hydrogen) atoms. The van der Waals surface area contributed by atoms with Gasteiger partial charge in [-0.2, -0.15) is 0 Å². The van der Waals surface area contributed by atoms with Crippen LogP contribution in [0.25, 0.3) is 0 Å². The van der Waals surface area contributed by atoms with Crippen LogP contribution in [0, 0.1) is 0 Å². The second-order valence-electron chi connectivity index (χ2n) is 9.56. The number of methoxy groups -OCH3 is 1. The van der Waals surface area contributed by atoms with Crippen LogP contribution < -0.4 is 10.1 Å². The lowest BCUT2D eigenvalue weighted by atomic mass is 10.0. The molecular formula is C29H33ClN2O3S. The van der Waals surface area contributed by atoms with E-state index in [9.17, 15) is 9.59 Å². The third-order valence-electron chi connectivity index (χ3n) is 5.43. The fraction of sp³-hybridized carbons (Fsp3) is 0.310. The monoisotopic (exact) mass is 524 g/mol. The van der Waals surface area contributed by atoms with Gasteiger partial charge in [0.25, 0.3) is 0 Å². The van der Waals surface area contributed by atoms with Crippen molar-refractivity contribution in [3.63, 3.8) is 0 Å². The van der Waals surface area contributed by atoms with Gasteiger partial charge in [0.2, 0.25) is 11.8 Å². The van der Waals surface area contributed by atoms with Gasteiger partial charge in [0, 0.05) is 28.4 Å². The summed E-state index contributed by atoms with van der Waals surface area (Å²) >= 11 is 7.43. The normalized spacial score (nSPS) is 12.0. The van der Waals surface area contributed by atoms with Crippen LogP contribution in [0.2, 0.25) is 5.02 Å². The molecule has 3 aromatic carbocycles. The number of nitrogens with zero attached hydrogens (tertiary/aromatic N) is 1. The SMILES string of the molecule is COc1cccc(CN(C(=O)CSc2ccc(Cl)cc2)C(Cc2ccccc2)C(=O)NC(C)(C)C)c1. The lowest BCUT2D eigenvalue weighted by Gasteiger charge is -2.34. The van der Waals surface area contributed by atoms with E-state index in [0.717, 1.165) is 16.0 Å². The Hall–Kier alpha value is -2.96. The summed E-state index contributed by atoms with van der Waals surface area (Å²) in [5.41, 5.74) is 1.44. The zero-order chi connectivity index (χ0) is 26.1. The average molecular weight is 525 g/mol. The molecule has 190 valence electrons. The van der Waals surface area contributed by atoms with Gasteiger partial charge in [-0.3, -0.25) is 9.59 Å². The molecule has 0 aliphatic heterocycles. The number of nitrogens with one attached hydrogen (secondary N) is 1. The minimum Gasteiger partial charge on any atom is -0.497 e. The van der Waals surface area contributed by atoms with Crippen molar-refractivity contribution >= 4 is 35.2 Å². The summed E-state index contributed by atoms with van der Waals surface area (Å²) in [6.45, 7) is 6.10. The van der Waals surface area contributed by atoms with Gasteiger partial charge in [0.1, 0.15) is 11.8 Å². The standard InChI is InChI=1S/C29H33ClN2O3S/c1-29(2,3)31-28(34)26(18-21-9-6-5-7-10-21)32(19-22-11-8-12-24(17-22)35-4)27(33)20-36-25-15-13-23(30)14-16-25/h5-17,26H,18-20H2,1-4H3,(H,31,34). The summed E-state index contributed by atoms with van der Waals surface area (Å²) in [4.78, 5) is 29.9. The van der Waals surface area contributed by atoms with Crippen molar-refractivity contribution in [2.75, 3.05) is 12.9 Å². The van der Waals surface area contributed by atoms with Crippen LogP contribution in [0.1, 0.15) is 31.9 Å². The minimum atomic E-state index is -0.684. The number of ether oxygens (including phenoxy) is 1. The summed E-state index contributed by atoms with van der Waals surface area (Å²) in [6.07, 6.45) is 0.407. The summed E-state index contributed by atoms with van der Waals surface area (Å²) in [7, 11) is 1.61. The summed E-state index contributed by atoms with van der Waals surface area (Å²) in [5.74, 6) is 0.593. The average Bonchev–Trinajstić information content (AvgIpc) is 2.85. The van der Waals surface area contributed by atoms with Crippen LogP contribution in [0.15, 0.2) is 83.8 Å². The molecule has 1 N–H and O–H groups in total. The van der Waals surface area contributed by atoms with Crippen molar-refractivity contribution < 1.29 is 14.3 Å². The maximum atomic E-state index is 13.7. The summed E-state index contributed by atoms with van der Waals surface area (Å²) < 4.78 is 5.38. The quantitative estimate of drug-likeness (QED) is 0.331. The lowest BCUT2D eigenvalue weighted by Crippen LogP contribution is -2.54. The predicted molar refractivity (Wildman–Crippen MR) is 148 cm³/mol. The van der Waals surface area contributed by atoms with Gasteiger partial charge in [-0.25, -0.2) is 0 Å². The molecule has 2 amide bonds. The highest BCUT2D eigenvalue weighted by atomic mass is 35.5. The van der Waals surface area contributed by atoms with Crippen LogP contribution in [-0.2, 0) is 22.6 Å². The van der Waals surface area contributed by atoms with Gasteiger partial charge in [0.15, 0.2) is 0 Å². The Kier molecular flexibility index (Phi) is 9.85. The van der Waals surface area contributed by atoms with Crippen molar-refractivity contribution in [1.82, 2.24) is 10.2 Å². The van der Waals surface area contributed by atoms with Gasteiger partial charge >= 0.3 is 0 Å². The molecule has 0 aromatic heterocycles. The Morgan fingerprint density at radius 2 is 1.64 bits per heavy atom. The van der Waals surface area contributed by atoms with E-state index in [1.54, 1.807) is 24.1 Å². The molecule has 3 rings (SSSR count). The molecule has 0 fully saturated rings. The molecule has 3 aromatic rings. The molecule has 0 aliphatic rings. The lowest BCUT2D eigenvalue weighted by molar-refractivity contribution is -0.140. The van der Waals surface area contributed by atoms with Gasteiger partial charge < -0.3 is 15.0 Å². The molecular weight excluding hydrogens is 492 g/mol. The van der Waals surface area contributed by atoms with E-state index in [-0.39, 0.29) is 24.1 Å². The van der Waals surface area contributed by atoms with E-state index in [1.807, 2.05) is 87.5 Å². The van der Waals surface area contributed by atoms with E-state index in [1.165, 1.54) is 11.8 Å². The second-order valence-corrected chi connectivity index (χ2v) is 11.0. The van der Waals surface area contributed by atoms with Crippen molar-refractivity contribution in [3.05, 3.63) is 95.0 Å². The first-order valence-corrected chi connectivity index (χ1v) is 13.2. The third kappa shape index (κ3) is 8.61. The van der Waals surface area contributed by atoms with Gasteiger partial charge in [-0.1, -0.05) is 54.1 Å². The number of benzene rings is 3. The summed E-state index contributed by atoms with van der Waals surface area (Å²) in [5, 5.41) is 3.73. The number of halogens is 1. The number of amides is 2. The number of hydrogen-bond acceptors (Lipinski definition) is 4. The van der Waals surface area contributed by atoms with Crippen molar-refractivity contribution in [2.24, 2.45) is 0 Å². The van der Waals surface area contributed by atoms with Crippen molar-refractivity contribution in [1.29, 1.82) is 0 Å². The van der Waals surface area contributed by atoms with Gasteiger partial charge in [-0.05, 0) is 68.3 Å². The number of carbonyl (C=O) groups excluding carboxylic acids is 2. The number of rotatable bonds is 10. The molecule has 0 saturated carbocycles. The van der Waals surface area contributed by atoms with E-state index < -0.39 is 11.6 Å². The molecule has 0 heterocycles. The molecule has 1 unspecified atom stereocenters.